The van der Waals surface area contributed by atoms with E-state index in [-0.39, 0.29) is 29.2 Å². The number of benzene rings is 1. The highest BCUT2D eigenvalue weighted by atomic mass is 31.2. The summed E-state index contributed by atoms with van der Waals surface area (Å²) in [5, 5.41) is 7.63. The lowest BCUT2D eigenvalue weighted by Gasteiger charge is -2.41. The number of hydrogen-bond acceptors (Lipinski definition) is 10. The van der Waals surface area contributed by atoms with Crippen LogP contribution in [0.2, 0.25) is 0 Å². The van der Waals surface area contributed by atoms with Gasteiger partial charge in [0.25, 0.3) is 5.08 Å². The van der Waals surface area contributed by atoms with Crippen molar-refractivity contribution in [3.63, 3.8) is 0 Å². The van der Waals surface area contributed by atoms with Crippen LogP contribution in [0.15, 0.2) is 42.7 Å². The van der Waals surface area contributed by atoms with Gasteiger partial charge in [0.2, 0.25) is 6.29 Å². The van der Waals surface area contributed by atoms with Crippen LogP contribution in [-0.4, -0.2) is 44.8 Å². The van der Waals surface area contributed by atoms with Gasteiger partial charge in [-0.1, -0.05) is 6.07 Å². The monoisotopic (exact) mass is 489 g/mol. The molecule has 2 atom stereocenters. The van der Waals surface area contributed by atoms with E-state index in [0.29, 0.717) is 0 Å². The molecule has 3 N–H and O–H groups in total. The van der Waals surface area contributed by atoms with Crippen LogP contribution < -0.4 is 9.47 Å². The number of pyridine rings is 1. The van der Waals surface area contributed by atoms with Crippen molar-refractivity contribution in [2.75, 3.05) is 13.7 Å². The van der Waals surface area contributed by atoms with E-state index in [1.807, 2.05) is 0 Å². The Hall–Kier alpha value is -2.30. The Morgan fingerprint density at radius 3 is 2.47 bits per heavy atom. The van der Waals surface area contributed by atoms with Gasteiger partial charge in [-0.15, -0.1) is 0 Å². The van der Waals surface area contributed by atoms with E-state index in [2.05, 4.69) is 4.98 Å². The fourth-order valence-corrected chi connectivity index (χ4v) is 6.43. The largest absolute Gasteiger partial charge is 0.513 e. The molecule has 1 fully saturated rings. The van der Waals surface area contributed by atoms with Gasteiger partial charge in [-0.3, -0.25) is 23.2 Å². The van der Waals surface area contributed by atoms with Crippen molar-refractivity contribution in [1.29, 1.82) is 0 Å². The normalized spacial score (nSPS) is 29.8. The van der Waals surface area contributed by atoms with Crippen LogP contribution in [0.4, 0.5) is 4.79 Å². The van der Waals surface area contributed by atoms with Crippen LogP contribution in [0.3, 0.4) is 0 Å². The first-order valence-electron chi connectivity index (χ1n) is 9.19. The molecule has 0 aliphatic carbocycles. The number of nitrogens with zero attached hydrogens (tertiary/aromatic N) is 1. The Kier molecular flexibility index (Phi) is 7.06. The molecule has 2 aromatic rings. The Balaban J connectivity index is 1.99. The van der Waals surface area contributed by atoms with E-state index in [1.54, 1.807) is 6.92 Å². The third kappa shape index (κ3) is 4.72. The topological polar surface area (TPSA) is 171 Å². The van der Waals surface area contributed by atoms with Crippen LogP contribution in [-0.2, 0) is 29.3 Å². The maximum absolute atomic E-state index is 13.0. The third-order valence-electron chi connectivity index (χ3n) is 4.47. The molecule has 2 heterocycles. The van der Waals surface area contributed by atoms with Gasteiger partial charge in [0.15, 0.2) is 0 Å². The van der Waals surface area contributed by atoms with Crippen molar-refractivity contribution >= 4 is 21.3 Å². The number of methoxy groups -OCH3 is 1. The van der Waals surface area contributed by atoms with Gasteiger partial charge in [0.1, 0.15) is 11.5 Å². The van der Waals surface area contributed by atoms with Gasteiger partial charge < -0.3 is 29.1 Å². The molecule has 0 amide bonds. The van der Waals surface area contributed by atoms with Gasteiger partial charge in [0, 0.05) is 18.8 Å². The molecule has 1 aliphatic rings. The summed E-state index contributed by atoms with van der Waals surface area (Å²) in [6.45, 7) is 1.57. The molecule has 0 spiro atoms. The van der Waals surface area contributed by atoms with E-state index in [9.17, 15) is 28.8 Å². The first-order valence-corrected chi connectivity index (χ1v) is 12.3. The molecule has 32 heavy (non-hydrogen) atoms. The number of carbonyl (C=O) groups excluding carboxylic acids is 1. The molecule has 1 aromatic carbocycles. The van der Waals surface area contributed by atoms with E-state index < -0.39 is 39.1 Å². The average Bonchev–Trinajstić information content (AvgIpc) is 2.73. The van der Waals surface area contributed by atoms with Crippen LogP contribution >= 0.6 is 15.2 Å². The average molecular weight is 489 g/mol. The van der Waals surface area contributed by atoms with Crippen molar-refractivity contribution < 1.29 is 52.1 Å². The number of rotatable bonds is 6. The molecule has 1 aromatic heterocycles. The molecular formula is C18H21NO11P2. The summed E-state index contributed by atoms with van der Waals surface area (Å²) in [5.41, 5.74) is -0.0266. The molecule has 14 heteroatoms. The highest BCUT2D eigenvalue weighted by Crippen LogP contribution is 2.79. The summed E-state index contributed by atoms with van der Waals surface area (Å²) < 4.78 is 50.9. The quantitative estimate of drug-likeness (QED) is 0.308. The Morgan fingerprint density at radius 1 is 1.22 bits per heavy atom. The maximum Gasteiger partial charge on any atom is 0.513 e. The summed E-state index contributed by atoms with van der Waals surface area (Å²) >= 11 is 0. The number of aromatic nitrogens is 1. The second-order valence-corrected chi connectivity index (χ2v) is 10.9. The van der Waals surface area contributed by atoms with E-state index in [4.69, 9.17) is 23.3 Å². The van der Waals surface area contributed by atoms with Crippen molar-refractivity contribution in [1.82, 2.24) is 4.98 Å². The Bertz CT molecular complexity index is 1050. The molecule has 0 radical (unpaired) electrons. The van der Waals surface area contributed by atoms with Gasteiger partial charge in [-0.05, 0) is 36.8 Å². The lowest BCUT2D eigenvalue weighted by Crippen LogP contribution is -2.38. The molecular weight excluding hydrogens is 468 g/mol. The predicted octanol–water partition coefficient (Wildman–Crippen LogP) is 2.93. The summed E-state index contributed by atoms with van der Waals surface area (Å²) in [4.78, 5) is 36.5. The van der Waals surface area contributed by atoms with Gasteiger partial charge >= 0.3 is 21.3 Å². The van der Waals surface area contributed by atoms with Crippen LogP contribution in [0.5, 0.6) is 11.5 Å². The van der Waals surface area contributed by atoms with Crippen LogP contribution in [0.1, 0.15) is 24.3 Å². The zero-order valence-corrected chi connectivity index (χ0v) is 18.8. The van der Waals surface area contributed by atoms with Crippen LogP contribution in [0.25, 0.3) is 0 Å². The lowest BCUT2D eigenvalue weighted by molar-refractivity contribution is -0.0589. The minimum atomic E-state index is -5.23. The Labute approximate surface area is 182 Å². The highest BCUT2D eigenvalue weighted by Gasteiger charge is 2.67. The molecule has 3 rings (SSSR count). The molecule has 0 bridgehead atoms. The second kappa shape index (κ2) is 9.29. The number of hydrogen-bond donors (Lipinski definition) is 3. The minimum absolute atomic E-state index is 0.0137. The van der Waals surface area contributed by atoms with Crippen molar-refractivity contribution in [2.45, 2.75) is 24.7 Å². The summed E-state index contributed by atoms with van der Waals surface area (Å²) in [6.07, 6.45) is -1.14. The fourth-order valence-electron chi connectivity index (χ4n) is 2.86. The fraction of sp³-hybridized carbons (Fsp3) is 0.333. The lowest BCUT2D eigenvalue weighted by atomic mass is 10.2. The maximum atomic E-state index is 13.0. The van der Waals surface area contributed by atoms with E-state index >= 15 is 0 Å². The second-order valence-electron chi connectivity index (χ2n) is 6.58. The van der Waals surface area contributed by atoms with E-state index in [0.717, 1.165) is 0 Å². The summed E-state index contributed by atoms with van der Waals surface area (Å²) in [5.74, 6) is -0.0490. The summed E-state index contributed by atoms with van der Waals surface area (Å²) in [6, 6.07) is 6.77. The molecule has 2 unspecified atom stereocenters. The van der Waals surface area contributed by atoms with Gasteiger partial charge in [-0.2, -0.15) is 0 Å². The van der Waals surface area contributed by atoms with E-state index in [1.165, 1.54) is 49.8 Å². The number of carbonyl (C=O) groups is 1. The first kappa shape index (κ1) is 24.3. The molecule has 0 saturated carbocycles. The SMILES string of the molecule is CCOC(=O)Oc1ccc(OC)cc1C1OP(=O)(O)C(O)(Cc2cccnc2)P(=O)(O)O1. The first-order chi connectivity index (χ1) is 15.0. The smallest absolute Gasteiger partial charge is 0.497 e. The standard InChI is InChI=1S/C18H21NO11P2/c1-3-27-17(20)28-15-7-6-13(26-2)9-14(15)16-29-31(22,23)18(21,32(24,25)30-16)10-12-5-4-8-19-11-12/h4-9,11,16,21H,3,10H2,1-2H3,(H,22,23)(H,24,25). The predicted molar refractivity (Wildman–Crippen MR) is 108 cm³/mol. The zero-order valence-electron chi connectivity index (χ0n) is 17.0. The number of aliphatic hydroxyl groups is 1. The minimum Gasteiger partial charge on any atom is -0.497 e. The third-order valence-corrected chi connectivity index (χ3v) is 9.07. The number of ether oxygens (including phenoxy) is 3. The molecule has 1 aliphatic heterocycles. The molecule has 174 valence electrons. The highest BCUT2D eigenvalue weighted by molar-refractivity contribution is 7.73. The van der Waals surface area contributed by atoms with Gasteiger partial charge in [0.05, 0.1) is 19.3 Å². The molecule has 12 nitrogen and oxygen atoms in total. The van der Waals surface area contributed by atoms with Crippen molar-refractivity contribution in [3.8, 4) is 11.5 Å². The van der Waals surface area contributed by atoms with Gasteiger partial charge in [-0.25, -0.2) is 4.79 Å². The van der Waals surface area contributed by atoms with Crippen molar-refractivity contribution in [2.24, 2.45) is 0 Å². The van der Waals surface area contributed by atoms with Crippen LogP contribution in [0, 0.1) is 0 Å². The Morgan fingerprint density at radius 2 is 1.91 bits per heavy atom. The summed E-state index contributed by atoms with van der Waals surface area (Å²) in [7, 11) is -9.13. The zero-order chi connectivity index (χ0) is 23.6. The van der Waals surface area contributed by atoms with Crippen molar-refractivity contribution in [3.05, 3.63) is 53.9 Å². The molecule has 1 saturated heterocycles.